The first-order valence-electron chi connectivity index (χ1n) is 8.98. The molecule has 0 amide bonds. The number of nitrogens with zero attached hydrogens (tertiary/aromatic N) is 1. The Bertz CT molecular complexity index is 1240. The molecule has 0 saturated heterocycles. The molecule has 0 unspecified atom stereocenters. The minimum absolute atomic E-state index is 0.00445. The third kappa shape index (κ3) is 5.76. The van der Waals surface area contributed by atoms with E-state index < -0.39 is 40.7 Å². The Kier molecular flexibility index (Phi) is 7.99. The first-order chi connectivity index (χ1) is 15.9. The van der Waals surface area contributed by atoms with Gasteiger partial charge in [0.25, 0.3) is 0 Å². The molecule has 34 heavy (non-hydrogen) atoms. The van der Waals surface area contributed by atoms with Crippen LogP contribution >= 0.6 is 39.1 Å². The first kappa shape index (κ1) is 26.1. The highest BCUT2D eigenvalue weighted by molar-refractivity contribution is 9.10. The summed E-state index contributed by atoms with van der Waals surface area (Å²) in [5.74, 6) is -9.55. The number of hydrogen-bond donors (Lipinski definition) is 1. The summed E-state index contributed by atoms with van der Waals surface area (Å²) in [6, 6.07) is 9.38. The highest BCUT2D eigenvalue weighted by Crippen LogP contribution is 2.38. The number of halogens is 10. The molecule has 0 aliphatic heterocycles. The van der Waals surface area contributed by atoms with Gasteiger partial charge in [0.05, 0.1) is 6.21 Å². The van der Waals surface area contributed by atoms with Crippen molar-refractivity contribution in [2.24, 2.45) is 5.10 Å². The van der Waals surface area contributed by atoms with Crippen molar-refractivity contribution in [2.45, 2.75) is 12.8 Å². The van der Waals surface area contributed by atoms with Crippen molar-refractivity contribution in [3.8, 4) is 5.75 Å². The lowest BCUT2D eigenvalue weighted by Crippen LogP contribution is -2.16. The van der Waals surface area contributed by atoms with Gasteiger partial charge >= 0.3 is 6.18 Å². The van der Waals surface area contributed by atoms with Gasteiger partial charge in [0.2, 0.25) is 0 Å². The minimum Gasteiger partial charge on any atom is -0.488 e. The van der Waals surface area contributed by atoms with Crippen molar-refractivity contribution in [2.75, 3.05) is 5.43 Å². The molecule has 3 aromatic carbocycles. The molecular weight excluding hydrogens is 580 g/mol. The van der Waals surface area contributed by atoms with Crippen LogP contribution < -0.4 is 10.2 Å². The Morgan fingerprint density at radius 2 is 1.59 bits per heavy atom. The lowest BCUT2D eigenvalue weighted by atomic mass is 10.1. The van der Waals surface area contributed by atoms with Crippen LogP contribution in [0.1, 0.15) is 16.7 Å². The molecule has 3 rings (SSSR count). The van der Waals surface area contributed by atoms with Gasteiger partial charge in [-0.05, 0) is 30.3 Å². The lowest BCUT2D eigenvalue weighted by Gasteiger charge is -2.13. The fraction of sp³-hybridized carbons (Fsp3) is 0.0952. The zero-order valence-corrected chi connectivity index (χ0v) is 19.5. The molecule has 13 heteroatoms. The third-order valence-electron chi connectivity index (χ3n) is 4.30. The van der Waals surface area contributed by atoms with Crippen LogP contribution in [0, 0.1) is 23.3 Å². The number of ether oxygens (including phenoxy) is 1. The molecule has 0 aliphatic carbocycles. The second-order valence-corrected chi connectivity index (χ2v) is 8.34. The van der Waals surface area contributed by atoms with Crippen molar-refractivity contribution in [3.63, 3.8) is 0 Å². The van der Waals surface area contributed by atoms with Crippen LogP contribution in [0.4, 0.5) is 36.4 Å². The molecule has 3 nitrogen and oxygen atoms in total. The Balaban J connectivity index is 1.86. The van der Waals surface area contributed by atoms with E-state index >= 15 is 0 Å². The molecule has 0 heterocycles. The monoisotopic (exact) mass is 588 g/mol. The smallest absolute Gasteiger partial charge is 0.422 e. The second-order valence-electron chi connectivity index (χ2n) is 6.58. The predicted octanol–water partition coefficient (Wildman–Crippen LogP) is 8.36. The average Bonchev–Trinajstić information content (AvgIpc) is 2.74. The summed E-state index contributed by atoms with van der Waals surface area (Å²) >= 11 is 15.2. The highest BCUT2D eigenvalue weighted by atomic mass is 79.9. The first-order valence-corrected chi connectivity index (χ1v) is 10.5. The second kappa shape index (κ2) is 10.4. The van der Waals surface area contributed by atoms with Gasteiger partial charge in [0, 0.05) is 25.6 Å². The molecule has 0 bridgehead atoms. The van der Waals surface area contributed by atoms with Gasteiger partial charge in [0.1, 0.15) is 23.6 Å². The van der Waals surface area contributed by atoms with Gasteiger partial charge in [-0.25, -0.2) is 17.6 Å². The number of hydrazone groups is 1. The van der Waals surface area contributed by atoms with Gasteiger partial charge in [-0.15, -0.1) is 0 Å². The van der Waals surface area contributed by atoms with Gasteiger partial charge in [0.15, 0.2) is 23.3 Å². The molecule has 0 radical (unpaired) electrons. The Labute approximate surface area is 206 Å². The van der Waals surface area contributed by atoms with E-state index in [1.165, 1.54) is 18.2 Å². The Hall–Kier alpha value is -2.50. The molecule has 0 aliphatic rings. The van der Waals surface area contributed by atoms with Crippen molar-refractivity contribution >= 4 is 51.0 Å². The number of benzene rings is 3. The maximum Gasteiger partial charge on any atom is 0.422 e. The summed E-state index contributed by atoms with van der Waals surface area (Å²) in [7, 11) is 0. The van der Waals surface area contributed by atoms with Gasteiger partial charge in [-0.3, -0.25) is 5.43 Å². The van der Waals surface area contributed by atoms with Crippen LogP contribution in [-0.4, -0.2) is 6.21 Å². The summed E-state index contributed by atoms with van der Waals surface area (Å²) in [5.41, 5.74) is -1.70. The van der Waals surface area contributed by atoms with Crippen LogP contribution in [0.2, 0.25) is 10.0 Å². The van der Waals surface area contributed by atoms with Crippen molar-refractivity contribution in [3.05, 3.63) is 90.9 Å². The third-order valence-corrected chi connectivity index (χ3v) is 5.38. The number of alkyl halides is 3. The number of anilines is 1. The number of nitrogens with one attached hydrogen (secondary N) is 1. The fourth-order valence-corrected chi connectivity index (χ4v) is 3.53. The largest absolute Gasteiger partial charge is 0.488 e. The molecule has 0 saturated carbocycles. The van der Waals surface area contributed by atoms with Crippen molar-refractivity contribution < 1.29 is 35.5 Å². The molecule has 180 valence electrons. The van der Waals surface area contributed by atoms with Crippen LogP contribution in [0.15, 0.2) is 46.0 Å². The molecule has 1 N–H and O–H groups in total. The van der Waals surface area contributed by atoms with E-state index in [0.717, 1.165) is 6.21 Å². The lowest BCUT2D eigenvalue weighted by molar-refractivity contribution is -0.143. The number of rotatable bonds is 6. The molecule has 3 aromatic rings. The van der Waals surface area contributed by atoms with Crippen molar-refractivity contribution in [1.82, 2.24) is 0 Å². The molecule has 0 aromatic heterocycles. The zero-order valence-electron chi connectivity index (χ0n) is 16.4. The normalized spacial score (nSPS) is 11.8. The van der Waals surface area contributed by atoms with E-state index in [1.54, 1.807) is 23.6 Å². The molecule has 0 spiro atoms. The molecule has 0 atom stereocenters. The van der Waals surface area contributed by atoms with Crippen LogP contribution in [0.25, 0.3) is 0 Å². The maximum absolute atomic E-state index is 14.0. The van der Waals surface area contributed by atoms with E-state index in [-0.39, 0.29) is 17.9 Å². The molecular formula is C21H10BrCl2F7N2O. The standard InChI is InChI=1S/C21H10BrCl2F7N2O/c22-11-2-4-14(34-8-9-1-3-12(23)6-13(9)24)10(5-11)7-32-33-20-18(27)16(25)15(21(29,30)31)17(26)19(20)28/h1-7,33H,8H2. The highest BCUT2D eigenvalue weighted by Gasteiger charge is 2.42. The quantitative estimate of drug-likeness (QED) is 0.136. The van der Waals surface area contributed by atoms with Gasteiger partial charge < -0.3 is 4.74 Å². The summed E-state index contributed by atoms with van der Waals surface area (Å²) in [6.45, 7) is 0.00445. The predicted molar refractivity (Wildman–Crippen MR) is 117 cm³/mol. The SMILES string of the molecule is Fc1c(F)c(C(F)(F)F)c(F)c(F)c1NN=Cc1cc(Br)ccc1OCc1ccc(Cl)cc1Cl. The Morgan fingerprint density at radius 3 is 2.18 bits per heavy atom. The van der Waals surface area contributed by atoms with Crippen LogP contribution in [-0.2, 0) is 12.8 Å². The van der Waals surface area contributed by atoms with Gasteiger partial charge in [-0.1, -0.05) is 45.2 Å². The van der Waals surface area contributed by atoms with E-state index in [2.05, 4.69) is 21.0 Å². The van der Waals surface area contributed by atoms with E-state index in [1.807, 2.05) is 0 Å². The summed E-state index contributed by atoms with van der Waals surface area (Å²) in [6.07, 6.45) is -4.66. The average molecular weight is 590 g/mol. The van der Waals surface area contributed by atoms with E-state index in [0.29, 0.717) is 20.1 Å². The van der Waals surface area contributed by atoms with Crippen LogP contribution in [0.5, 0.6) is 5.75 Å². The molecule has 0 fully saturated rings. The van der Waals surface area contributed by atoms with Gasteiger partial charge in [-0.2, -0.15) is 18.3 Å². The zero-order chi connectivity index (χ0) is 25.2. The van der Waals surface area contributed by atoms with Crippen LogP contribution in [0.3, 0.4) is 0 Å². The Morgan fingerprint density at radius 1 is 0.941 bits per heavy atom. The van der Waals surface area contributed by atoms with E-state index in [4.69, 9.17) is 27.9 Å². The maximum atomic E-state index is 14.0. The van der Waals surface area contributed by atoms with E-state index in [9.17, 15) is 30.7 Å². The minimum atomic E-state index is -5.65. The van der Waals surface area contributed by atoms with Crippen molar-refractivity contribution in [1.29, 1.82) is 0 Å². The number of hydrogen-bond acceptors (Lipinski definition) is 3. The summed E-state index contributed by atoms with van der Waals surface area (Å²) in [5, 5.41) is 4.25. The topological polar surface area (TPSA) is 33.6 Å². The fourth-order valence-electron chi connectivity index (χ4n) is 2.69. The summed E-state index contributed by atoms with van der Waals surface area (Å²) < 4.78 is 99.8. The summed E-state index contributed by atoms with van der Waals surface area (Å²) in [4.78, 5) is 0.